The molecule has 0 bridgehead atoms. The average Bonchev–Trinajstić information content (AvgIpc) is 3.28. The van der Waals surface area contributed by atoms with Gasteiger partial charge in [0.15, 0.2) is 11.0 Å². The first-order chi connectivity index (χ1) is 17.7. The highest BCUT2D eigenvalue weighted by molar-refractivity contribution is 7.99. The molecule has 196 valence electrons. The smallest absolute Gasteiger partial charge is 0.251 e. The van der Waals surface area contributed by atoms with Gasteiger partial charge in [0.05, 0.1) is 18.9 Å². The molecule has 0 radical (unpaired) electrons. The first-order valence-corrected chi connectivity index (χ1v) is 13.2. The van der Waals surface area contributed by atoms with Crippen molar-refractivity contribution in [2.24, 2.45) is 5.92 Å². The van der Waals surface area contributed by atoms with E-state index in [1.807, 2.05) is 42.7 Å². The summed E-state index contributed by atoms with van der Waals surface area (Å²) in [7, 11) is 1.58. The topological polar surface area (TPSA) is 98.1 Å². The summed E-state index contributed by atoms with van der Waals surface area (Å²) in [4.78, 5) is 25.6. The minimum absolute atomic E-state index is 0.0462. The van der Waals surface area contributed by atoms with Gasteiger partial charge in [0, 0.05) is 17.8 Å². The van der Waals surface area contributed by atoms with Crippen molar-refractivity contribution in [1.82, 2.24) is 20.1 Å². The van der Waals surface area contributed by atoms with Gasteiger partial charge in [-0.1, -0.05) is 57.7 Å². The largest absolute Gasteiger partial charge is 0.497 e. The van der Waals surface area contributed by atoms with Gasteiger partial charge in [-0.2, -0.15) is 0 Å². The number of hydrogen-bond donors (Lipinski definition) is 2. The zero-order valence-electron chi connectivity index (χ0n) is 22.0. The van der Waals surface area contributed by atoms with E-state index in [0.29, 0.717) is 34.8 Å². The molecule has 0 aliphatic carbocycles. The molecule has 37 heavy (non-hydrogen) atoms. The molecule has 0 aliphatic rings. The van der Waals surface area contributed by atoms with Gasteiger partial charge in [-0.25, -0.2) is 0 Å². The number of carbonyl (C=O) groups is 2. The third kappa shape index (κ3) is 7.45. The lowest BCUT2D eigenvalue weighted by atomic mass is 10.0. The molecule has 0 aliphatic heterocycles. The maximum absolute atomic E-state index is 13.0. The molecule has 1 heterocycles. The minimum atomic E-state index is -0.385. The Morgan fingerprint density at radius 2 is 1.73 bits per heavy atom. The summed E-state index contributed by atoms with van der Waals surface area (Å²) in [6, 6.07) is 14.4. The molecule has 8 nitrogen and oxygen atoms in total. The van der Waals surface area contributed by atoms with Crippen LogP contribution in [0, 0.1) is 5.92 Å². The van der Waals surface area contributed by atoms with E-state index in [1.54, 1.807) is 37.5 Å². The first-order valence-electron chi connectivity index (χ1n) is 12.2. The van der Waals surface area contributed by atoms with Gasteiger partial charge in [0.2, 0.25) is 5.91 Å². The van der Waals surface area contributed by atoms with Crippen LogP contribution in [0.2, 0.25) is 0 Å². The average molecular weight is 522 g/mol. The predicted molar refractivity (Wildman–Crippen MR) is 148 cm³/mol. The van der Waals surface area contributed by atoms with Crippen molar-refractivity contribution in [1.29, 1.82) is 0 Å². The molecule has 2 amide bonds. The fraction of sp³-hybridized carbons (Fsp3) is 0.357. The highest BCUT2D eigenvalue weighted by atomic mass is 32.2. The fourth-order valence-electron chi connectivity index (χ4n) is 3.71. The van der Waals surface area contributed by atoms with Crippen LogP contribution in [0.1, 0.15) is 61.4 Å². The lowest BCUT2D eigenvalue weighted by Gasteiger charge is -2.22. The Morgan fingerprint density at radius 3 is 2.30 bits per heavy atom. The van der Waals surface area contributed by atoms with E-state index in [4.69, 9.17) is 4.74 Å². The van der Waals surface area contributed by atoms with E-state index in [0.717, 1.165) is 5.69 Å². The quantitative estimate of drug-likeness (QED) is 0.243. The minimum Gasteiger partial charge on any atom is -0.497 e. The van der Waals surface area contributed by atoms with Gasteiger partial charge in [-0.05, 0) is 53.8 Å². The number of anilines is 1. The number of hydrogen-bond acceptors (Lipinski definition) is 6. The molecule has 0 spiro atoms. The van der Waals surface area contributed by atoms with Crippen molar-refractivity contribution in [3.05, 3.63) is 78.1 Å². The number of nitrogens with zero attached hydrogens (tertiary/aromatic N) is 3. The van der Waals surface area contributed by atoms with Crippen LogP contribution in [0.3, 0.4) is 0 Å². The Labute approximate surface area is 222 Å². The van der Waals surface area contributed by atoms with Gasteiger partial charge in [0.1, 0.15) is 5.75 Å². The van der Waals surface area contributed by atoms with Crippen molar-refractivity contribution >= 4 is 29.3 Å². The molecule has 2 aromatic carbocycles. The Balaban J connectivity index is 1.71. The van der Waals surface area contributed by atoms with Crippen LogP contribution in [0.5, 0.6) is 5.75 Å². The van der Waals surface area contributed by atoms with Gasteiger partial charge in [-0.3, -0.25) is 9.59 Å². The third-order valence-corrected chi connectivity index (χ3v) is 6.80. The molecule has 1 aromatic heterocycles. The number of benzene rings is 2. The Morgan fingerprint density at radius 1 is 1.05 bits per heavy atom. The number of thioether (sulfide) groups is 1. The number of carbonyl (C=O) groups excluding carboxylic acids is 2. The summed E-state index contributed by atoms with van der Waals surface area (Å²) in [6.07, 6.45) is 1.75. The number of rotatable bonds is 12. The van der Waals surface area contributed by atoms with Crippen LogP contribution in [0.15, 0.2) is 66.3 Å². The Bertz CT molecular complexity index is 1200. The maximum Gasteiger partial charge on any atom is 0.251 e. The van der Waals surface area contributed by atoms with Crippen LogP contribution in [0.4, 0.5) is 5.69 Å². The highest BCUT2D eigenvalue weighted by Crippen LogP contribution is 2.26. The van der Waals surface area contributed by atoms with Crippen LogP contribution in [0.25, 0.3) is 0 Å². The number of ether oxygens (including phenoxy) is 1. The monoisotopic (exact) mass is 521 g/mol. The maximum atomic E-state index is 13.0. The number of allylic oxidation sites excluding steroid dienone is 1. The zero-order chi connectivity index (χ0) is 26.9. The van der Waals surface area contributed by atoms with Gasteiger partial charge in [-0.15, -0.1) is 16.8 Å². The number of nitrogens with one attached hydrogen (secondary N) is 2. The van der Waals surface area contributed by atoms with Crippen LogP contribution in [-0.2, 0) is 11.3 Å². The normalized spacial score (nSPS) is 11.9. The van der Waals surface area contributed by atoms with Crippen LogP contribution in [-0.4, -0.2) is 39.4 Å². The summed E-state index contributed by atoms with van der Waals surface area (Å²) < 4.78 is 7.07. The second-order valence-electron chi connectivity index (χ2n) is 9.28. The molecule has 3 aromatic rings. The Hall–Kier alpha value is -3.59. The second kappa shape index (κ2) is 13.1. The molecular formula is C28H35N5O3S. The summed E-state index contributed by atoms with van der Waals surface area (Å²) >= 11 is 1.29. The van der Waals surface area contributed by atoms with Crippen molar-refractivity contribution in [3.8, 4) is 5.75 Å². The lowest BCUT2D eigenvalue weighted by Crippen LogP contribution is -2.33. The zero-order valence-corrected chi connectivity index (χ0v) is 22.8. The van der Waals surface area contributed by atoms with Crippen molar-refractivity contribution in [2.45, 2.75) is 51.4 Å². The second-order valence-corrected chi connectivity index (χ2v) is 10.2. The van der Waals surface area contributed by atoms with Crippen molar-refractivity contribution < 1.29 is 14.3 Å². The molecule has 0 unspecified atom stereocenters. The Kier molecular flexibility index (Phi) is 9.91. The fourth-order valence-corrected chi connectivity index (χ4v) is 4.47. The first kappa shape index (κ1) is 28.0. The summed E-state index contributed by atoms with van der Waals surface area (Å²) in [6.45, 7) is 12.6. The van der Waals surface area contributed by atoms with Crippen molar-refractivity contribution in [2.75, 3.05) is 18.2 Å². The van der Waals surface area contributed by atoms with Crippen molar-refractivity contribution in [3.63, 3.8) is 0 Å². The standard InChI is InChI=1S/C28H35N5O3S/c1-7-16-33-26(25(19(4)5)30-27(35)21-10-14-23(36-6)15-11-21)31-32-28(33)37-17-24(34)29-22-12-8-20(9-13-22)18(2)3/h7-15,18-19,25H,1,16-17H2,2-6H3,(H,29,34)(H,30,35)/t25-/m0/s1. The molecule has 0 saturated heterocycles. The lowest BCUT2D eigenvalue weighted by molar-refractivity contribution is -0.113. The van der Waals surface area contributed by atoms with Crippen LogP contribution < -0.4 is 15.4 Å². The third-order valence-electron chi connectivity index (χ3n) is 5.83. The van der Waals surface area contributed by atoms with E-state index in [-0.39, 0.29) is 29.5 Å². The predicted octanol–water partition coefficient (Wildman–Crippen LogP) is 5.45. The molecule has 0 fully saturated rings. The number of aromatic nitrogens is 3. The van der Waals surface area contributed by atoms with E-state index in [9.17, 15) is 9.59 Å². The van der Waals surface area contributed by atoms with E-state index in [1.165, 1.54) is 17.3 Å². The van der Waals surface area contributed by atoms with E-state index >= 15 is 0 Å². The molecule has 2 N–H and O–H groups in total. The molecule has 9 heteroatoms. The van der Waals surface area contributed by atoms with E-state index in [2.05, 4.69) is 41.3 Å². The SMILES string of the molecule is C=CCn1c(SCC(=O)Nc2ccc(C(C)C)cc2)nnc1[C@@H](NC(=O)c1ccc(OC)cc1)C(C)C. The molecular weight excluding hydrogens is 486 g/mol. The summed E-state index contributed by atoms with van der Waals surface area (Å²) in [5.74, 6) is 1.60. The molecule has 3 rings (SSSR count). The van der Waals surface area contributed by atoms with Crippen LogP contribution >= 0.6 is 11.8 Å². The number of amides is 2. The van der Waals surface area contributed by atoms with Gasteiger partial charge < -0.3 is 19.9 Å². The molecule has 1 atom stereocenters. The highest BCUT2D eigenvalue weighted by Gasteiger charge is 2.26. The van der Waals surface area contributed by atoms with Gasteiger partial charge in [0.25, 0.3) is 5.91 Å². The van der Waals surface area contributed by atoms with E-state index < -0.39 is 0 Å². The summed E-state index contributed by atoms with van der Waals surface area (Å²) in [5, 5.41) is 15.3. The van der Waals surface area contributed by atoms with Gasteiger partial charge >= 0.3 is 0 Å². The number of methoxy groups -OCH3 is 1. The molecule has 0 saturated carbocycles. The summed E-state index contributed by atoms with van der Waals surface area (Å²) in [5.41, 5.74) is 2.49.